The van der Waals surface area contributed by atoms with Crippen LogP contribution in [0.25, 0.3) is 32.6 Å². The van der Waals surface area contributed by atoms with Crippen LogP contribution in [0.3, 0.4) is 0 Å². The Morgan fingerprint density at radius 2 is 0.944 bits per heavy atom. The van der Waals surface area contributed by atoms with Gasteiger partial charge < -0.3 is 0 Å². The lowest BCUT2D eigenvalue weighted by molar-refractivity contribution is 1.38. The molecule has 0 spiro atoms. The van der Waals surface area contributed by atoms with Crippen molar-refractivity contribution >= 4 is 32.6 Å². The molecule has 2 aromatic heterocycles. The zero-order valence-electron chi connectivity index (χ0n) is 9.67. The summed E-state index contributed by atoms with van der Waals surface area (Å²) >= 11 is 0. The quantitative estimate of drug-likeness (QED) is 0.428. The minimum Gasteiger partial charge on any atom is -0.254 e. The Bertz CT molecular complexity index is 661. The predicted molar refractivity (Wildman–Crippen MR) is 74.6 cm³/mol. The number of nitrogens with zero attached hydrogens (tertiary/aromatic N) is 2. The van der Waals surface area contributed by atoms with Gasteiger partial charge >= 0.3 is 0 Å². The molecule has 0 fully saturated rings. The van der Waals surface area contributed by atoms with Crippen LogP contribution in [-0.4, -0.2) is 9.97 Å². The smallest absolute Gasteiger partial charge is 0.0970 e. The van der Waals surface area contributed by atoms with Crippen molar-refractivity contribution < 1.29 is 0 Å². The first-order valence-electron chi connectivity index (χ1n) is 5.95. The van der Waals surface area contributed by atoms with E-state index in [4.69, 9.17) is 0 Å². The predicted octanol–water partition coefficient (Wildman–Crippen LogP) is 3.94. The fraction of sp³-hybridized carbons (Fsp3) is 0. The van der Waals surface area contributed by atoms with E-state index in [9.17, 15) is 0 Å². The lowest BCUT2D eigenvalue weighted by atomic mass is 10.0. The van der Waals surface area contributed by atoms with Crippen LogP contribution in [0.2, 0.25) is 0 Å². The molecule has 84 valence electrons. The van der Waals surface area contributed by atoms with Crippen molar-refractivity contribution in [2.75, 3.05) is 0 Å². The van der Waals surface area contributed by atoms with Crippen LogP contribution in [0.4, 0.5) is 0 Å². The second-order valence-electron chi connectivity index (χ2n) is 4.34. The Morgan fingerprint density at radius 1 is 0.500 bits per heavy atom. The van der Waals surface area contributed by atoms with E-state index in [0.29, 0.717) is 0 Å². The summed E-state index contributed by atoms with van der Waals surface area (Å²) in [6.07, 6.45) is 3.65. The molecule has 0 radical (unpaired) electrons. The third-order valence-electron chi connectivity index (χ3n) is 3.35. The van der Waals surface area contributed by atoms with Gasteiger partial charge in [-0.2, -0.15) is 0 Å². The van der Waals surface area contributed by atoms with E-state index in [2.05, 4.69) is 46.4 Å². The molecule has 2 heterocycles. The summed E-state index contributed by atoms with van der Waals surface area (Å²) in [5.74, 6) is 0. The average molecular weight is 230 g/mol. The van der Waals surface area contributed by atoms with Gasteiger partial charge in [0.25, 0.3) is 0 Å². The standard InChI is InChI=1S/C16H10N2/c1-2-6-12-11(5-1)13-7-3-9-17-15(13)16-14(12)8-4-10-18-16/h1-10H. The van der Waals surface area contributed by atoms with Gasteiger partial charge in [0.15, 0.2) is 0 Å². The molecule has 0 saturated carbocycles. The van der Waals surface area contributed by atoms with Crippen LogP contribution >= 0.6 is 0 Å². The highest BCUT2D eigenvalue weighted by molar-refractivity contribution is 6.22. The lowest BCUT2D eigenvalue weighted by Gasteiger charge is -2.07. The third kappa shape index (κ3) is 1.17. The van der Waals surface area contributed by atoms with Crippen LogP contribution in [0.15, 0.2) is 60.9 Å². The molecule has 0 unspecified atom stereocenters. The van der Waals surface area contributed by atoms with Crippen LogP contribution in [0.5, 0.6) is 0 Å². The summed E-state index contributed by atoms with van der Waals surface area (Å²) in [7, 11) is 0. The molecular formula is C16H10N2. The number of pyridine rings is 2. The Balaban J connectivity index is 2.46. The van der Waals surface area contributed by atoms with E-state index in [1.54, 1.807) is 0 Å². The second kappa shape index (κ2) is 3.50. The highest BCUT2D eigenvalue weighted by Crippen LogP contribution is 2.31. The largest absolute Gasteiger partial charge is 0.254 e. The number of benzene rings is 2. The van der Waals surface area contributed by atoms with Gasteiger partial charge in [-0.05, 0) is 22.9 Å². The van der Waals surface area contributed by atoms with Gasteiger partial charge in [-0.15, -0.1) is 0 Å². The third-order valence-corrected chi connectivity index (χ3v) is 3.35. The molecule has 0 amide bonds. The first kappa shape index (κ1) is 9.54. The van der Waals surface area contributed by atoms with Crippen molar-refractivity contribution in [2.24, 2.45) is 0 Å². The number of hydrogen-bond donors (Lipinski definition) is 0. The normalized spacial score (nSPS) is 11.3. The number of rotatable bonds is 0. The average Bonchev–Trinajstić information content (AvgIpc) is 2.48. The van der Waals surface area contributed by atoms with Gasteiger partial charge in [0.1, 0.15) is 0 Å². The highest BCUT2D eigenvalue weighted by atomic mass is 14.7. The Morgan fingerprint density at radius 3 is 1.44 bits per heavy atom. The van der Waals surface area contributed by atoms with Crippen LogP contribution in [0.1, 0.15) is 0 Å². The maximum atomic E-state index is 4.50. The maximum absolute atomic E-state index is 4.50. The van der Waals surface area contributed by atoms with Crippen molar-refractivity contribution in [2.45, 2.75) is 0 Å². The summed E-state index contributed by atoms with van der Waals surface area (Å²) in [5.41, 5.74) is 1.96. The van der Waals surface area contributed by atoms with E-state index in [0.717, 1.165) is 11.0 Å². The summed E-state index contributed by atoms with van der Waals surface area (Å²) in [6, 6.07) is 16.6. The van der Waals surface area contributed by atoms with Crippen LogP contribution < -0.4 is 0 Å². The van der Waals surface area contributed by atoms with Crippen molar-refractivity contribution in [1.29, 1.82) is 0 Å². The van der Waals surface area contributed by atoms with Crippen LogP contribution in [-0.2, 0) is 0 Å². The minimum atomic E-state index is 0.979. The van der Waals surface area contributed by atoms with Gasteiger partial charge in [0.05, 0.1) is 11.0 Å². The topological polar surface area (TPSA) is 25.8 Å². The zero-order chi connectivity index (χ0) is 11.9. The Kier molecular flexibility index (Phi) is 1.86. The molecule has 2 heteroatoms. The van der Waals surface area contributed by atoms with E-state index in [-0.39, 0.29) is 0 Å². The van der Waals surface area contributed by atoms with Gasteiger partial charge in [-0.3, -0.25) is 9.97 Å². The first-order valence-corrected chi connectivity index (χ1v) is 5.95. The monoisotopic (exact) mass is 230 g/mol. The molecule has 4 aromatic rings. The van der Waals surface area contributed by atoms with E-state index in [1.165, 1.54) is 21.5 Å². The molecule has 0 N–H and O–H groups in total. The molecule has 0 aliphatic rings. The fourth-order valence-electron chi connectivity index (χ4n) is 2.58. The molecule has 0 bridgehead atoms. The molecule has 0 saturated heterocycles. The molecule has 0 atom stereocenters. The van der Waals surface area contributed by atoms with Gasteiger partial charge in [0, 0.05) is 23.2 Å². The Hall–Kier alpha value is -2.48. The molecule has 2 aromatic carbocycles. The molecule has 4 rings (SSSR count). The zero-order valence-corrected chi connectivity index (χ0v) is 9.67. The summed E-state index contributed by atoms with van der Waals surface area (Å²) in [5, 5.41) is 4.81. The van der Waals surface area contributed by atoms with Gasteiger partial charge in [-0.1, -0.05) is 36.4 Å². The second-order valence-corrected chi connectivity index (χ2v) is 4.34. The van der Waals surface area contributed by atoms with E-state index >= 15 is 0 Å². The Labute approximate surface area is 104 Å². The van der Waals surface area contributed by atoms with E-state index < -0.39 is 0 Å². The first-order chi connectivity index (χ1) is 8.95. The molecule has 0 aliphatic heterocycles. The van der Waals surface area contributed by atoms with Gasteiger partial charge in [-0.25, -0.2) is 0 Å². The summed E-state index contributed by atoms with van der Waals surface area (Å²) < 4.78 is 0. The summed E-state index contributed by atoms with van der Waals surface area (Å²) in [4.78, 5) is 8.99. The van der Waals surface area contributed by atoms with Crippen LogP contribution in [0, 0.1) is 0 Å². The maximum Gasteiger partial charge on any atom is 0.0970 e. The minimum absolute atomic E-state index is 0.979. The molecular weight excluding hydrogens is 220 g/mol. The molecule has 2 nitrogen and oxygen atoms in total. The lowest BCUT2D eigenvalue weighted by Crippen LogP contribution is -1.87. The number of hydrogen-bond acceptors (Lipinski definition) is 2. The van der Waals surface area contributed by atoms with E-state index in [1.807, 2.05) is 24.5 Å². The van der Waals surface area contributed by atoms with Crippen molar-refractivity contribution in [3.05, 3.63) is 60.9 Å². The SMILES string of the molecule is c1ccc2c(c1)c1cccnc1c1ncccc21. The van der Waals surface area contributed by atoms with Crippen molar-refractivity contribution in [1.82, 2.24) is 9.97 Å². The number of aromatic nitrogens is 2. The summed E-state index contributed by atoms with van der Waals surface area (Å²) in [6.45, 7) is 0. The number of fused-ring (bicyclic) bond motifs is 6. The van der Waals surface area contributed by atoms with Gasteiger partial charge in [0.2, 0.25) is 0 Å². The highest BCUT2D eigenvalue weighted by Gasteiger charge is 2.08. The fourth-order valence-corrected chi connectivity index (χ4v) is 2.58. The van der Waals surface area contributed by atoms with Crippen molar-refractivity contribution in [3.63, 3.8) is 0 Å². The molecule has 0 aliphatic carbocycles. The van der Waals surface area contributed by atoms with Crippen molar-refractivity contribution in [3.8, 4) is 0 Å². The molecule has 18 heavy (non-hydrogen) atoms.